The Morgan fingerprint density at radius 2 is 1.10 bits per heavy atom. The van der Waals surface area contributed by atoms with Crippen molar-refractivity contribution in [2.45, 2.75) is 148 Å². The fraction of sp³-hybridized carbons (Fsp3) is 0.649. The Kier molecular flexibility index (Phi) is 30.6. The zero-order valence-electron chi connectivity index (χ0n) is 26.5. The second kappa shape index (κ2) is 32.3. The van der Waals surface area contributed by atoms with Gasteiger partial charge in [-0.15, -0.1) is 0 Å². The van der Waals surface area contributed by atoms with Crippen molar-refractivity contribution in [3.05, 3.63) is 72.9 Å². The van der Waals surface area contributed by atoms with Crippen LogP contribution in [0.2, 0.25) is 0 Å². The number of allylic oxidation sites excluding steroid dienone is 11. The molecule has 0 rings (SSSR count). The van der Waals surface area contributed by atoms with Crippen molar-refractivity contribution in [1.82, 2.24) is 5.32 Å². The number of carbonyl (C=O) groups excluding carboxylic acids is 1. The SMILES string of the molecule is CC/C=C\C/C=C\C/C=C\C/C=C\CCCCCCC(=O)NC(CO)C(O)/C=C/CC/C=C/CCCCCCCC. The highest BCUT2D eigenvalue weighted by atomic mass is 16.3. The predicted molar refractivity (Wildman–Crippen MR) is 179 cm³/mol. The van der Waals surface area contributed by atoms with Gasteiger partial charge in [0.15, 0.2) is 0 Å². The van der Waals surface area contributed by atoms with Crippen molar-refractivity contribution in [3.8, 4) is 0 Å². The normalized spacial score (nSPS) is 14.1. The molecule has 0 aromatic rings. The van der Waals surface area contributed by atoms with E-state index in [2.05, 4.69) is 79.9 Å². The second-order valence-corrected chi connectivity index (χ2v) is 10.8. The summed E-state index contributed by atoms with van der Waals surface area (Å²) in [5.41, 5.74) is 0. The van der Waals surface area contributed by atoms with Crippen molar-refractivity contribution in [2.75, 3.05) is 6.61 Å². The zero-order valence-corrected chi connectivity index (χ0v) is 26.5. The number of amides is 1. The molecule has 4 nitrogen and oxygen atoms in total. The van der Waals surface area contributed by atoms with Crippen LogP contribution in [-0.2, 0) is 4.79 Å². The van der Waals surface area contributed by atoms with E-state index in [1.54, 1.807) is 6.08 Å². The van der Waals surface area contributed by atoms with E-state index in [0.717, 1.165) is 77.0 Å². The van der Waals surface area contributed by atoms with Gasteiger partial charge in [-0.1, -0.05) is 132 Å². The van der Waals surface area contributed by atoms with Crippen LogP contribution < -0.4 is 5.32 Å². The molecule has 234 valence electrons. The average molecular weight is 570 g/mol. The first-order valence-electron chi connectivity index (χ1n) is 16.7. The van der Waals surface area contributed by atoms with E-state index in [-0.39, 0.29) is 12.5 Å². The van der Waals surface area contributed by atoms with E-state index in [0.29, 0.717) is 6.42 Å². The lowest BCUT2D eigenvalue weighted by molar-refractivity contribution is -0.123. The standard InChI is InChI=1S/C37H63NO3/c1-3-5-7-9-11-13-15-17-18-19-20-21-23-25-27-29-31-33-37(41)38-35(34-39)36(40)32-30-28-26-24-22-16-14-12-10-8-6-4-2/h5,7,11,13,17-18,20-22,24,30,32,35-36,39-40H,3-4,6,8-10,12,14-16,19,23,25-29,31,33-34H2,1-2H3,(H,38,41)/b7-5-,13-11-,18-17-,21-20-,24-22+,32-30+. The molecule has 41 heavy (non-hydrogen) atoms. The molecule has 0 aliphatic carbocycles. The number of carbonyl (C=O) groups is 1. The smallest absolute Gasteiger partial charge is 0.220 e. The first kappa shape index (κ1) is 38.8. The second-order valence-electron chi connectivity index (χ2n) is 10.8. The minimum atomic E-state index is -0.873. The van der Waals surface area contributed by atoms with Gasteiger partial charge in [-0.2, -0.15) is 0 Å². The lowest BCUT2D eigenvalue weighted by Crippen LogP contribution is -2.45. The molecule has 3 N–H and O–H groups in total. The Bertz CT molecular complexity index is 747. The molecule has 0 spiro atoms. The van der Waals surface area contributed by atoms with Crippen LogP contribution in [0.25, 0.3) is 0 Å². The maximum atomic E-state index is 12.3. The third-order valence-electron chi connectivity index (χ3n) is 6.92. The van der Waals surface area contributed by atoms with Gasteiger partial charge in [-0.05, 0) is 70.6 Å². The third kappa shape index (κ3) is 29.1. The molecule has 1 amide bonds. The number of aliphatic hydroxyl groups excluding tert-OH is 2. The van der Waals surface area contributed by atoms with Crippen molar-refractivity contribution >= 4 is 5.91 Å². The van der Waals surface area contributed by atoms with Crippen LogP contribution in [0, 0.1) is 0 Å². The Morgan fingerprint density at radius 3 is 1.71 bits per heavy atom. The van der Waals surface area contributed by atoms with Crippen LogP contribution in [0.4, 0.5) is 0 Å². The molecule has 0 aliphatic heterocycles. The Morgan fingerprint density at radius 1 is 0.610 bits per heavy atom. The van der Waals surface area contributed by atoms with E-state index in [1.165, 1.54) is 38.5 Å². The first-order valence-corrected chi connectivity index (χ1v) is 16.7. The fourth-order valence-electron chi connectivity index (χ4n) is 4.36. The minimum Gasteiger partial charge on any atom is -0.394 e. The van der Waals surface area contributed by atoms with Gasteiger partial charge in [0.1, 0.15) is 0 Å². The molecule has 0 radical (unpaired) electrons. The van der Waals surface area contributed by atoms with Crippen LogP contribution in [0.1, 0.15) is 136 Å². The van der Waals surface area contributed by atoms with E-state index >= 15 is 0 Å². The number of hydrogen-bond donors (Lipinski definition) is 3. The summed E-state index contributed by atoms with van der Waals surface area (Å²) in [5, 5.41) is 22.8. The molecular formula is C37H63NO3. The molecule has 2 unspecified atom stereocenters. The summed E-state index contributed by atoms with van der Waals surface area (Å²) in [6.45, 7) is 4.12. The maximum absolute atomic E-state index is 12.3. The molecule has 0 saturated carbocycles. The van der Waals surface area contributed by atoms with Gasteiger partial charge in [-0.3, -0.25) is 4.79 Å². The molecule has 0 aromatic heterocycles. The van der Waals surface area contributed by atoms with Gasteiger partial charge in [0.25, 0.3) is 0 Å². The van der Waals surface area contributed by atoms with Gasteiger partial charge >= 0.3 is 0 Å². The Labute approximate surface area is 253 Å². The summed E-state index contributed by atoms with van der Waals surface area (Å²) < 4.78 is 0. The van der Waals surface area contributed by atoms with Gasteiger partial charge < -0.3 is 15.5 Å². The van der Waals surface area contributed by atoms with Gasteiger partial charge in [0.05, 0.1) is 18.8 Å². The number of aliphatic hydroxyl groups is 2. The molecule has 0 saturated heterocycles. The largest absolute Gasteiger partial charge is 0.394 e. The van der Waals surface area contributed by atoms with E-state index < -0.39 is 12.1 Å². The highest BCUT2D eigenvalue weighted by Gasteiger charge is 2.17. The molecule has 4 heteroatoms. The van der Waals surface area contributed by atoms with Gasteiger partial charge in [-0.25, -0.2) is 0 Å². The van der Waals surface area contributed by atoms with E-state index in [1.807, 2.05) is 6.08 Å². The predicted octanol–water partition coefficient (Wildman–Crippen LogP) is 9.61. The minimum absolute atomic E-state index is 0.104. The topological polar surface area (TPSA) is 69.6 Å². The summed E-state index contributed by atoms with van der Waals surface area (Å²) in [6, 6.07) is -0.653. The van der Waals surface area contributed by atoms with Crippen LogP contribution in [-0.4, -0.2) is 34.9 Å². The molecule has 0 fully saturated rings. The van der Waals surface area contributed by atoms with E-state index in [4.69, 9.17) is 0 Å². The van der Waals surface area contributed by atoms with Crippen molar-refractivity contribution in [1.29, 1.82) is 0 Å². The van der Waals surface area contributed by atoms with Crippen molar-refractivity contribution in [2.24, 2.45) is 0 Å². The summed E-state index contributed by atoms with van der Waals surface area (Å²) in [6.07, 6.45) is 45.5. The van der Waals surface area contributed by atoms with Crippen LogP contribution in [0.5, 0.6) is 0 Å². The van der Waals surface area contributed by atoms with Gasteiger partial charge in [0.2, 0.25) is 5.91 Å². The van der Waals surface area contributed by atoms with Crippen molar-refractivity contribution in [3.63, 3.8) is 0 Å². The average Bonchev–Trinajstić information content (AvgIpc) is 2.97. The van der Waals surface area contributed by atoms with Crippen LogP contribution >= 0.6 is 0 Å². The number of hydrogen-bond acceptors (Lipinski definition) is 3. The first-order chi connectivity index (χ1) is 20.2. The van der Waals surface area contributed by atoms with Crippen LogP contribution in [0.3, 0.4) is 0 Å². The molecule has 0 bridgehead atoms. The molecule has 0 aliphatic rings. The molecule has 0 aromatic carbocycles. The van der Waals surface area contributed by atoms with Crippen molar-refractivity contribution < 1.29 is 15.0 Å². The summed E-state index contributed by atoms with van der Waals surface area (Å²) in [4.78, 5) is 12.3. The fourth-order valence-corrected chi connectivity index (χ4v) is 4.36. The highest BCUT2D eigenvalue weighted by molar-refractivity contribution is 5.76. The van der Waals surface area contributed by atoms with Crippen LogP contribution in [0.15, 0.2) is 72.9 Å². The summed E-state index contributed by atoms with van der Waals surface area (Å²) in [5.74, 6) is -0.104. The monoisotopic (exact) mass is 569 g/mol. The molecule has 0 heterocycles. The maximum Gasteiger partial charge on any atom is 0.220 e. The third-order valence-corrected chi connectivity index (χ3v) is 6.92. The zero-order chi connectivity index (χ0) is 30.1. The Balaban J connectivity index is 3.80. The van der Waals surface area contributed by atoms with E-state index in [9.17, 15) is 15.0 Å². The summed E-state index contributed by atoms with van der Waals surface area (Å²) >= 11 is 0. The lowest BCUT2D eigenvalue weighted by atomic mass is 10.1. The highest BCUT2D eigenvalue weighted by Crippen LogP contribution is 2.09. The summed E-state index contributed by atoms with van der Waals surface area (Å²) in [7, 11) is 0. The molecule has 2 atom stereocenters. The Hall–Kier alpha value is -2.17. The molecular weight excluding hydrogens is 506 g/mol. The lowest BCUT2D eigenvalue weighted by Gasteiger charge is -2.19. The number of rotatable bonds is 28. The van der Waals surface area contributed by atoms with Gasteiger partial charge in [0, 0.05) is 6.42 Å². The number of nitrogens with one attached hydrogen (secondary N) is 1. The quantitative estimate of drug-likeness (QED) is 0.0649. The number of unbranched alkanes of at least 4 members (excludes halogenated alkanes) is 11.